The first-order chi connectivity index (χ1) is 31.2. The van der Waals surface area contributed by atoms with Gasteiger partial charge in [0.15, 0.2) is 10.9 Å². The van der Waals surface area contributed by atoms with Crippen LogP contribution in [0.2, 0.25) is 0 Å². The molecule has 1 saturated heterocycles. The van der Waals surface area contributed by atoms with Crippen LogP contribution in [-0.4, -0.2) is 80.5 Å². The highest BCUT2D eigenvalue weighted by atomic mass is 32.1. The highest BCUT2D eigenvalue weighted by molar-refractivity contribution is 7.59. The van der Waals surface area contributed by atoms with Gasteiger partial charge in [0.2, 0.25) is 13.3 Å². The van der Waals surface area contributed by atoms with Crippen LogP contribution in [0.25, 0.3) is 22.3 Å². The third kappa shape index (κ3) is 10.2. The molecule has 0 radical (unpaired) electrons. The minimum Gasteiger partial charge on any atom is -0.496 e. The van der Waals surface area contributed by atoms with E-state index in [1.54, 1.807) is 7.11 Å². The Morgan fingerprint density at radius 3 is 2.51 bits per heavy atom. The topological polar surface area (TPSA) is 157 Å². The number of Topliss-reactive ketones (excluding diaryl/α,β-unsaturated/α-hetero) is 1. The molecular formula is C49H59F2N4O8PS. The first kappa shape index (κ1) is 46.8. The van der Waals surface area contributed by atoms with Gasteiger partial charge in [0.05, 0.1) is 48.6 Å². The lowest BCUT2D eigenvalue weighted by Crippen LogP contribution is -2.45. The Balaban J connectivity index is 1.15. The lowest BCUT2D eigenvalue weighted by atomic mass is 9.94. The molecule has 348 valence electrons. The van der Waals surface area contributed by atoms with Crippen LogP contribution in [0.4, 0.5) is 13.9 Å². The molecule has 2 N–H and O–H groups in total. The summed E-state index contributed by atoms with van der Waals surface area (Å²) in [5.74, 6) is -3.28. The van der Waals surface area contributed by atoms with Gasteiger partial charge < -0.3 is 29.3 Å². The van der Waals surface area contributed by atoms with Crippen molar-refractivity contribution in [3.8, 4) is 22.9 Å². The zero-order chi connectivity index (χ0) is 46.0. The number of allylic oxidation sites excluding steroid dienone is 2. The maximum Gasteiger partial charge on any atom is 0.306 e. The second-order valence-corrected chi connectivity index (χ2v) is 22.1. The van der Waals surface area contributed by atoms with E-state index in [-0.39, 0.29) is 50.3 Å². The van der Waals surface area contributed by atoms with E-state index in [1.807, 2.05) is 56.5 Å². The van der Waals surface area contributed by atoms with Gasteiger partial charge in [-0.15, -0.1) is 11.3 Å². The van der Waals surface area contributed by atoms with Gasteiger partial charge in [0, 0.05) is 52.8 Å². The number of fused-ring (bicyclic) bond motifs is 3. The Morgan fingerprint density at radius 1 is 1.02 bits per heavy atom. The summed E-state index contributed by atoms with van der Waals surface area (Å²) in [6.07, 6.45) is 8.71. The number of thiazole rings is 1. The van der Waals surface area contributed by atoms with Crippen molar-refractivity contribution in [1.29, 1.82) is 0 Å². The molecule has 8 rings (SSSR count). The van der Waals surface area contributed by atoms with Crippen LogP contribution in [0.15, 0.2) is 53.9 Å². The van der Waals surface area contributed by atoms with Gasteiger partial charge in [-0.05, 0) is 102 Å². The molecule has 3 fully saturated rings. The first-order valence-corrected chi connectivity index (χ1v) is 25.7. The van der Waals surface area contributed by atoms with Crippen LogP contribution >= 0.6 is 18.7 Å². The number of methoxy groups -OCH3 is 1. The fourth-order valence-corrected chi connectivity index (χ4v) is 13.4. The van der Waals surface area contributed by atoms with Crippen LogP contribution in [0, 0.1) is 30.4 Å². The second kappa shape index (κ2) is 19.6. The number of carbonyl (C=O) groups is 3. The van der Waals surface area contributed by atoms with Crippen LogP contribution in [0.1, 0.15) is 108 Å². The molecule has 65 heavy (non-hydrogen) atoms. The average Bonchev–Trinajstić information content (AvgIpc) is 3.68. The third-order valence-electron chi connectivity index (χ3n) is 13.6. The highest BCUT2D eigenvalue weighted by Gasteiger charge is 2.65. The Morgan fingerprint density at radius 2 is 1.77 bits per heavy atom. The van der Waals surface area contributed by atoms with Crippen molar-refractivity contribution in [1.82, 2.24) is 14.9 Å². The number of hydrogen-bond donors (Lipinski definition) is 2. The SMILES string of the molecule is COc1ccc2c(O[C@@H]3C[C@H]4C(=O)C[C@]5(P(=O)(O)Cc6c(F)cccc6F)C[C@@H]5/C=C\CCCCC[C@H](CC(=O)OC5CCCC5)C(=O)N4C3)cc(-c3csc(NC(C)C)n3)nc2c1C. The largest absolute Gasteiger partial charge is 0.496 e. The minimum atomic E-state index is -4.47. The summed E-state index contributed by atoms with van der Waals surface area (Å²) >= 11 is 1.45. The van der Waals surface area contributed by atoms with Gasteiger partial charge in [0.25, 0.3) is 0 Å². The lowest BCUT2D eigenvalue weighted by molar-refractivity contribution is -0.154. The second-order valence-electron chi connectivity index (χ2n) is 18.6. The normalized spacial score (nSPS) is 25.6. The van der Waals surface area contributed by atoms with Crippen LogP contribution in [0.5, 0.6) is 11.5 Å². The van der Waals surface area contributed by atoms with E-state index in [0.29, 0.717) is 53.1 Å². The molecule has 2 aliphatic carbocycles. The number of halogens is 2. The zero-order valence-corrected chi connectivity index (χ0v) is 39.2. The summed E-state index contributed by atoms with van der Waals surface area (Å²) in [4.78, 5) is 66.6. The van der Waals surface area contributed by atoms with Gasteiger partial charge in [-0.1, -0.05) is 31.1 Å². The van der Waals surface area contributed by atoms with Crippen molar-refractivity contribution in [2.75, 3.05) is 19.0 Å². The van der Waals surface area contributed by atoms with Gasteiger partial charge in [-0.2, -0.15) is 0 Å². The molecule has 4 aliphatic rings. The van der Waals surface area contributed by atoms with Crippen molar-refractivity contribution in [3.05, 3.63) is 76.7 Å². The number of ketones is 1. The van der Waals surface area contributed by atoms with Gasteiger partial charge >= 0.3 is 5.97 Å². The molecule has 12 nitrogen and oxygen atoms in total. The fourth-order valence-electron chi connectivity index (χ4n) is 10.00. The maximum atomic E-state index is 15.0. The molecule has 2 aromatic heterocycles. The molecule has 0 bridgehead atoms. The smallest absolute Gasteiger partial charge is 0.306 e. The standard InChI is InChI=1S/C49H59F2N4O8PS/c1-29(2)52-48-54-40(28-65-48)39-23-44(35-19-20-43(61-4)30(3)46(35)53-39)62-34-22-41-42(56)25-49(64(59,60)27-36-37(50)17-12-18-38(36)51)24-32(49)14-9-7-5-6-8-13-31(47(58)55(41)26-34)21-45(57)63-33-15-10-11-16-33/h9,12,14,17-20,23,28-29,31-34,41H,5-8,10-11,13,15-16,21-22,24-27H2,1-4H3,(H,52,54)(H,59,60)/b14-9-/t31-,32+,34-,41+,49-/m1/s1. The van der Waals surface area contributed by atoms with Crippen molar-refractivity contribution in [2.45, 2.75) is 140 Å². The van der Waals surface area contributed by atoms with E-state index in [1.165, 1.54) is 22.3 Å². The summed E-state index contributed by atoms with van der Waals surface area (Å²) in [6, 6.07) is 7.90. The number of ether oxygens (including phenoxy) is 3. The van der Waals surface area contributed by atoms with Gasteiger partial charge in [0.1, 0.15) is 41.0 Å². The Hall–Kier alpha value is -4.72. The third-order valence-corrected chi connectivity index (χ3v) is 17.2. The van der Waals surface area contributed by atoms with Gasteiger partial charge in [-0.3, -0.25) is 18.9 Å². The number of aryl methyl sites for hydroxylation is 1. The molecule has 6 atom stereocenters. The van der Waals surface area contributed by atoms with Crippen molar-refractivity contribution in [2.24, 2.45) is 11.8 Å². The molecule has 2 saturated carbocycles. The Labute approximate surface area is 383 Å². The number of nitrogens with zero attached hydrogens (tertiary/aromatic N) is 3. The number of rotatable bonds is 12. The number of pyridine rings is 1. The van der Waals surface area contributed by atoms with E-state index in [2.05, 4.69) is 5.32 Å². The van der Waals surface area contributed by atoms with Crippen molar-refractivity contribution < 1.29 is 46.8 Å². The summed E-state index contributed by atoms with van der Waals surface area (Å²) in [5.41, 5.74) is 2.10. The minimum absolute atomic E-state index is 0.00438. The number of esters is 1. The molecule has 16 heteroatoms. The summed E-state index contributed by atoms with van der Waals surface area (Å²) in [6.45, 7) is 5.97. The Bertz CT molecular complexity index is 2490. The van der Waals surface area contributed by atoms with E-state index >= 15 is 0 Å². The van der Waals surface area contributed by atoms with Crippen molar-refractivity contribution in [3.63, 3.8) is 0 Å². The first-order valence-electron chi connectivity index (χ1n) is 23.0. The molecule has 2 aliphatic heterocycles. The van der Waals surface area contributed by atoms with E-state index in [9.17, 15) is 32.6 Å². The predicted octanol–water partition coefficient (Wildman–Crippen LogP) is 10.3. The molecule has 4 heterocycles. The molecule has 1 amide bonds. The van der Waals surface area contributed by atoms with Crippen molar-refractivity contribution >= 4 is 52.4 Å². The number of nitrogens with one attached hydrogen (secondary N) is 1. The number of amides is 1. The maximum absolute atomic E-state index is 15.0. The number of hydrogen-bond acceptors (Lipinski definition) is 11. The fraction of sp³-hybridized carbons (Fsp3) is 0.531. The van der Waals surface area contributed by atoms with Crippen LogP contribution in [-0.2, 0) is 29.8 Å². The molecule has 1 unspecified atom stereocenters. The summed E-state index contributed by atoms with van der Waals surface area (Å²) < 4.78 is 62.9. The van der Waals surface area contributed by atoms with Gasteiger partial charge in [-0.25, -0.2) is 18.7 Å². The van der Waals surface area contributed by atoms with Crippen LogP contribution in [0.3, 0.4) is 0 Å². The predicted molar refractivity (Wildman–Crippen MR) is 246 cm³/mol. The van der Waals surface area contributed by atoms with E-state index < -0.39 is 71.6 Å². The lowest BCUT2D eigenvalue weighted by Gasteiger charge is -2.30. The molecular weight excluding hydrogens is 874 g/mol. The zero-order valence-electron chi connectivity index (χ0n) is 37.5. The Kier molecular flexibility index (Phi) is 14.1. The monoisotopic (exact) mass is 932 g/mol. The number of benzene rings is 2. The van der Waals surface area contributed by atoms with E-state index in [0.717, 1.165) is 61.4 Å². The van der Waals surface area contributed by atoms with Crippen LogP contribution < -0.4 is 14.8 Å². The summed E-state index contributed by atoms with van der Waals surface area (Å²) in [7, 11) is -2.88. The summed E-state index contributed by atoms with van der Waals surface area (Å²) in [5, 5.41) is 5.18. The number of anilines is 1. The number of aromatic nitrogens is 2. The van der Waals surface area contributed by atoms with E-state index in [4.69, 9.17) is 24.2 Å². The molecule has 2 aromatic carbocycles. The number of carbonyl (C=O) groups excluding carboxylic acids is 3. The highest BCUT2D eigenvalue weighted by Crippen LogP contribution is 2.74. The molecule has 0 spiro atoms. The quantitative estimate of drug-likeness (QED) is 0.0792. The average molecular weight is 933 g/mol. The molecule has 4 aromatic rings.